The quantitative estimate of drug-likeness (QED) is 0.302. The average molecular weight is 168 g/mol. The molecular formula is C4H8O7. The predicted octanol–water partition coefficient (Wildman–Crippen LogP) is -0.670. The second-order valence-corrected chi connectivity index (χ2v) is 1.08. The summed E-state index contributed by atoms with van der Waals surface area (Å²) in [5.74, 6) is 0. The van der Waals surface area contributed by atoms with Crippen LogP contribution in [0.4, 0.5) is 9.59 Å². The van der Waals surface area contributed by atoms with Crippen molar-refractivity contribution >= 4 is 12.3 Å². The van der Waals surface area contributed by atoms with Gasteiger partial charge in [0.1, 0.15) is 0 Å². The fourth-order valence-corrected chi connectivity index (χ4v) is 0.0747. The molecule has 7 nitrogen and oxygen atoms in total. The number of rotatable bonds is 1. The monoisotopic (exact) mass is 168 g/mol. The molecule has 0 rings (SSSR count). The molecule has 0 aliphatic carbocycles. The zero-order valence-electron chi connectivity index (χ0n) is 5.43. The molecule has 0 atom stereocenters. The molecule has 0 bridgehead atoms. The second kappa shape index (κ2) is 8.66. The Labute approximate surface area is 61.5 Å². The first-order valence-electron chi connectivity index (χ1n) is 2.40. The van der Waals surface area contributed by atoms with Crippen LogP contribution in [0.15, 0.2) is 0 Å². The van der Waals surface area contributed by atoms with Gasteiger partial charge in [-0.2, -0.15) is 0 Å². The highest BCUT2D eigenvalue weighted by atomic mass is 16.7. The highest BCUT2D eigenvalue weighted by molar-refractivity contribution is 5.74. The Morgan fingerprint density at radius 2 is 1.27 bits per heavy atom. The highest BCUT2D eigenvalue weighted by Crippen LogP contribution is 1.73. The van der Waals surface area contributed by atoms with E-state index < -0.39 is 12.3 Å². The summed E-state index contributed by atoms with van der Waals surface area (Å²) in [6, 6.07) is 0. The largest absolute Gasteiger partial charge is 0.516 e. The number of carbonyl (C=O) groups is 2. The van der Waals surface area contributed by atoms with Gasteiger partial charge in [-0.1, -0.05) is 0 Å². The van der Waals surface area contributed by atoms with E-state index in [9.17, 15) is 9.59 Å². The first-order valence-corrected chi connectivity index (χ1v) is 2.40. The van der Waals surface area contributed by atoms with Crippen LogP contribution < -0.4 is 0 Å². The molecule has 7 heteroatoms. The Bertz CT molecular complexity index is 106. The summed E-state index contributed by atoms with van der Waals surface area (Å²) in [6.07, 6.45) is -3.62. The third-order valence-electron chi connectivity index (χ3n) is 0.275. The summed E-state index contributed by atoms with van der Waals surface area (Å²) in [5, 5.41) is 30.2. The van der Waals surface area contributed by atoms with Crippen LogP contribution in [-0.4, -0.2) is 46.0 Å². The zero-order valence-corrected chi connectivity index (χ0v) is 5.43. The number of aliphatic hydroxyl groups is 2. The Balaban J connectivity index is 0. The van der Waals surface area contributed by atoms with Crippen molar-refractivity contribution in [3.8, 4) is 0 Å². The van der Waals surface area contributed by atoms with Crippen molar-refractivity contribution in [1.82, 2.24) is 0 Å². The third-order valence-corrected chi connectivity index (χ3v) is 0.275. The molecular weight excluding hydrogens is 160 g/mol. The van der Waals surface area contributed by atoms with Crippen LogP contribution in [0.25, 0.3) is 0 Å². The molecule has 0 spiro atoms. The fourth-order valence-electron chi connectivity index (χ4n) is 0.0747. The van der Waals surface area contributed by atoms with E-state index in [0.717, 1.165) is 0 Å². The van der Waals surface area contributed by atoms with Crippen LogP contribution in [0.2, 0.25) is 0 Å². The number of aliphatic hydroxyl groups excluding tert-OH is 2. The van der Waals surface area contributed by atoms with Gasteiger partial charge in [0.15, 0.2) is 0 Å². The van der Waals surface area contributed by atoms with Gasteiger partial charge in [-0.15, -0.1) is 0 Å². The molecule has 0 aromatic rings. The topological polar surface area (TPSA) is 124 Å². The lowest BCUT2D eigenvalue weighted by molar-refractivity contribution is 0.0802. The van der Waals surface area contributed by atoms with Crippen molar-refractivity contribution in [3.05, 3.63) is 0 Å². The third kappa shape index (κ3) is 28.7. The zero-order chi connectivity index (χ0) is 9.28. The van der Waals surface area contributed by atoms with E-state index in [1.54, 1.807) is 0 Å². The lowest BCUT2D eigenvalue weighted by Gasteiger charge is -1.84. The standard InChI is InChI=1S/C2H2O5.C2H6O2/c3-1(4)7-2(5)6;3-1-2-4/h(H,3,4)(H,5,6);3-4H,1-2H2. The van der Waals surface area contributed by atoms with Crippen molar-refractivity contribution in [2.45, 2.75) is 0 Å². The van der Waals surface area contributed by atoms with E-state index in [0.29, 0.717) is 0 Å². The highest BCUT2D eigenvalue weighted by Gasteiger charge is 2.01. The Kier molecular flexibility index (Phi) is 9.72. The fraction of sp³-hybridized carbons (Fsp3) is 0.500. The van der Waals surface area contributed by atoms with E-state index >= 15 is 0 Å². The van der Waals surface area contributed by atoms with E-state index in [-0.39, 0.29) is 13.2 Å². The van der Waals surface area contributed by atoms with Gasteiger partial charge < -0.3 is 25.2 Å². The van der Waals surface area contributed by atoms with Gasteiger partial charge in [0.05, 0.1) is 13.2 Å². The summed E-state index contributed by atoms with van der Waals surface area (Å²) in [4.78, 5) is 18.4. The molecule has 0 saturated heterocycles. The van der Waals surface area contributed by atoms with Crippen LogP contribution in [-0.2, 0) is 4.74 Å². The minimum atomic E-state index is -1.81. The van der Waals surface area contributed by atoms with E-state index in [1.165, 1.54) is 0 Å². The number of hydrogen-bond acceptors (Lipinski definition) is 5. The lowest BCUT2D eigenvalue weighted by atomic mass is 10.8. The molecule has 0 aromatic carbocycles. The summed E-state index contributed by atoms with van der Waals surface area (Å²) in [5.41, 5.74) is 0. The summed E-state index contributed by atoms with van der Waals surface area (Å²) < 4.78 is 3.08. The van der Waals surface area contributed by atoms with Gasteiger partial charge in [-0.05, 0) is 0 Å². The van der Waals surface area contributed by atoms with Gasteiger partial charge in [0.25, 0.3) is 0 Å². The molecule has 0 aliphatic rings. The minimum Gasteiger partial charge on any atom is -0.449 e. The minimum absolute atomic E-state index is 0.125. The first-order chi connectivity index (χ1) is 5.04. The van der Waals surface area contributed by atoms with Gasteiger partial charge in [0.2, 0.25) is 0 Å². The Morgan fingerprint density at radius 1 is 1.00 bits per heavy atom. The Morgan fingerprint density at radius 3 is 1.27 bits per heavy atom. The molecule has 0 aliphatic heterocycles. The average Bonchev–Trinajstić information content (AvgIpc) is 1.85. The Hall–Kier alpha value is -1.34. The van der Waals surface area contributed by atoms with E-state index in [1.807, 2.05) is 0 Å². The molecule has 0 unspecified atom stereocenters. The van der Waals surface area contributed by atoms with Crippen LogP contribution in [0, 0.1) is 0 Å². The molecule has 0 saturated carbocycles. The molecule has 11 heavy (non-hydrogen) atoms. The van der Waals surface area contributed by atoms with E-state index in [2.05, 4.69) is 4.74 Å². The van der Waals surface area contributed by atoms with Crippen LogP contribution >= 0.6 is 0 Å². The lowest BCUT2D eigenvalue weighted by Crippen LogP contribution is -2.05. The molecule has 66 valence electrons. The molecule has 0 heterocycles. The van der Waals surface area contributed by atoms with Crippen LogP contribution in [0.3, 0.4) is 0 Å². The molecule has 0 radical (unpaired) electrons. The van der Waals surface area contributed by atoms with Crippen LogP contribution in [0.5, 0.6) is 0 Å². The first kappa shape index (κ1) is 12.3. The summed E-state index contributed by atoms with van der Waals surface area (Å²) in [6.45, 7) is -0.250. The van der Waals surface area contributed by atoms with Crippen LogP contribution in [0.1, 0.15) is 0 Å². The van der Waals surface area contributed by atoms with Crippen molar-refractivity contribution in [1.29, 1.82) is 0 Å². The van der Waals surface area contributed by atoms with Gasteiger partial charge in [-0.25, -0.2) is 9.59 Å². The van der Waals surface area contributed by atoms with Crippen molar-refractivity contribution in [2.75, 3.05) is 13.2 Å². The predicted molar refractivity (Wildman–Crippen MR) is 31.3 cm³/mol. The number of hydrogen-bond donors (Lipinski definition) is 4. The summed E-state index contributed by atoms with van der Waals surface area (Å²) >= 11 is 0. The maximum Gasteiger partial charge on any atom is 0.516 e. The van der Waals surface area contributed by atoms with Gasteiger partial charge in [-0.3, -0.25) is 0 Å². The smallest absolute Gasteiger partial charge is 0.449 e. The van der Waals surface area contributed by atoms with Crippen molar-refractivity contribution < 1.29 is 34.8 Å². The number of ether oxygens (including phenoxy) is 1. The van der Waals surface area contributed by atoms with Crippen molar-refractivity contribution in [2.24, 2.45) is 0 Å². The van der Waals surface area contributed by atoms with Crippen molar-refractivity contribution in [3.63, 3.8) is 0 Å². The summed E-state index contributed by atoms with van der Waals surface area (Å²) in [7, 11) is 0. The molecule has 0 fully saturated rings. The maximum absolute atomic E-state index is 9.21. The van der Waals surface area contributed by atoms with Gasteiger partial charge in [0, 0.05) is 0 Å². The molecule has 4 N–H and O–H groups in total. The maximum atomic E-state index is 9.21. The van der Waals surface area contributed by atoms with E-state index in [4.69, 9.17) is 20.4 Å². The normalized spacial score (nSPS) is 7.45. The molecule has 0 amide bonds. The SMILES string of the molecule is O=C(O)OC(=O)O.OCCO. The number of carboxylic acid groups (broad SMARTS) is 2. The van der Waals surface area contributed by atoms with Gasteiger partial charge >= 0.3 is 12.3 Å². The molecule has 0 aromatic heterocycles. The second-order valence-electron chi connectivity index (χ2n) is 1.08.